The first-order valence-electron chi connectivity index (χ1n) is 6.12. The van der Waals surface area contributed by atoms with Gasteiger partial charge in [0.25, 0.3) is 0 Å². The lowest BCUT2D eigenvalue weighted by molar-refractivity contribution is -0.141. The first-order chi connectivity index (χ1) is 8.81. The zero-order valence-electron chi connectivity index (χ0n) is 10.4. The van der Waals surface area contributed by atoms with Crippen LogP contribution in [0.25, 0.3) is 0 Å². The van der Waals surface area contributed by atoms with Gasteiger partial charge >= 0.3 is 12.1 Å². The lowest BCUT2D eigenvalue weighted by atomic mass is 9.92. The van der Waals surface area contributed by atoms with Crippen LogP contribution >= 0.6 is 0 Å². The van der Waals surface area contributed by atoms with Crippen LogP contribution in [0.5, 0.6) is 0 Å². The zero-order chi connectivity index (χ0) is 14.3. The Hall–Kier alpha value is -1.59. The fraction of sp³-hybridized carbons (Fsp3) is 0.538. The Bertz CT molecular complexity index is 507. The molecule has 0 bridgehead atoms. The Morgan fingerprint density at radius 2 is 2.05 bits per heavy atom. The monoisotopic (exact) mass is 273 g/mol. The summed E-state index contributed by atoms with van der Waals surface area (Å²) < 4.78 is 37.9. The van der Waals surface area contributed by atoms with E-state index in [0.29, 0.717) is 31.2 Å². The second kappa shape index (κ2) is 4.51. The fourth-order valence-electron chi connectivity index (χ4n) is 2.25. The van der Waals surface area contributed by atoms with E-state index < -0.39 is 23.3 Å². The number of pyridine rings is 1. The van der Waals surface area contributed by atoms with E-state index in [2.05, 4.69) is 4.98 Å². The molecule has 1 fully saturated rings. The number of aryl methyl sites for hydroxylation is 1. The second-order valence-electron chi connectivity index (χ2n) is 4.83. The molecule has 0 saturated heterocycles. The standard InChI is InChI=1S/C13H14F3NO2/c1-2-3-9-8(12(6-7-12)11(18)19)4-5-10(17-9)13(14,15)16/h4-5H,2-3,6-7H2,1H3,(H,18,19). The Balaban J connectivity index is 2.48. The number of rotatable bonds is 4. The van der Waals surface area contributed by atoms with Crippen molar-refractivity contribution in [2.24, 2.45) is 0 Å². The Labute approximate surface area is 108 Å². The molecule has 0 aromatic carbocycles. The third-order valence-corrected chi connectivity index (χ3v) is 3.43. The molecule has 1 aliphatic carbocycles. The van der Waals surface area contributed by atoms with E-state index in [9.17, 15) is 23.1 Å². The molecule has 0 radical (unpaired) electrons. The number of carboxylic acids is 1. The van der Waals surface area contributed by atoms with Crippen molar-refractivity contribution in [2.75, 3.05) is 0 Å². The summed E-state index contributed by atoms with van der Waals surface area (Å²) in [5, 5.41) is 9.23. The van der Waals surface area contributed by atoms with Crippen molar-refractivity contribution < 1.29 is 23.1 Å². The van der Waals surface area contributed by atoms with Crippen LogP contribution in [-0.2, 0) is 22.8 Å². The molecule has 0 spiro atoms. The van der Waals surface area contributed by atoms with Crippen LogP contribution in [0, 0.1) is 0 Å². The van der Waals surface area contributed by atoms with Gasteiger partial charge in [-0.05, 0) is 30.9 Å². The van der Waals surface area contributed by atoms with Gasteiger partial charge < -0.3 is 5.11 Å². The molecule has 0 unspecified atom stereocenters. The van der Waals surface area contributed by atoms with Crippen LogP contribution in [0.3, 0.4) is 0 Å². The van der Waals surface area contributed by atoms with Crippen molar-refractivity contribution in [3.63, 3.8) is 0 Å². The Kier molecular flexibility index (Phi) is 3.28. The minimum absolute atomic E-state index is 0.261. The van der Waals surface area contributed by atoms with E-state index in [1.54, 1.807) is 0 Å². The van der Waals surface area contributed by atoms with Crippen molar-refractivity contribution in [1.82, 2.24) is 4.98 Å². The number of carboxylic acid groups (broad SMARTS) is 1. The van der Waals surface area contributed by atoms with Crippen LogP contribution in [-0.4, -0.2) is 16.1 Å². The lowest BCUT2D eigenvalue weighted by Gasteiger charge is -2.16. The number of hydrogen-bond donors (Lipinski definition) is 1. The highest BCUT2D eigenvalue weighted by Gasteiger charge is 2.53. The lowest BCUT2D eigenvalue weighted by Crippen LogP contribution is -2.23. The van der Waals surface area contributed by atoms with E-state index in [-0.39, 0.29) is 5.69 Å². The van der Waals surface area contributed by atoms with Gasteiger partial charge in [0, 0.05) is 5.69 Å². The van der Waals surface area contributed by atoms with Crippen LogP contribution in [0.2, 0.25) is 0 Å². The largest absolute Gasteiger partial charge is 0.481 e. The molecular formula is C13H14F3NO2. The summed E-state index contributed by atoms with van der Waals surface area (Å²) in [5.74, 6) is -0.980. The molecule has 6 heteroatoms. The number of halogens is 3. The molecule has 2 rings (SSSR count). The summed E-state index contributed by atoms with van der Waals surface area (Å²) >= 11 is 0. The minimum Gasteiger partial charge on any atom is -0.481 e. The molecule has 0 aliphatic heterocycles. The molecule has 19 heavy (non-hydrogen) atoms. The molecule has 104 valence electrons. The normalized spacial score (nSPS) is 17.3. The highest BCUT2D eigenvalue weighted by molar-refractivity contribution is 5.85. The van der Waals surface area contributed by atoms with Gasteiger partial charge in [0.15, 0.2) is 0 Å². The average Bonchev–Trinajstić information content (AvgIpc) is 3.09. The Morgan fingerprint density at radius 3 is 2.47 bits per heavy atom. The van der Waals surface area contributed by atoms with Crippen molar-refractivity contribution in [3.05, 3.63) is 29.1 Å². The van der Waals surface area contributed by atoms with Crippen LogP contribution in [0.1, 0.15) is 43.1 Å². The number of aliphatic carboxylic acids is 1. The predicted octanol–water partition coefficient (Wildman–Crippen LogP) is 3.17. The molecule has 3 nitrogen and oxygen atoms in total. The summed E-state index contributed by atoms with van der Waals surface area (Å²) in [6.07, 6.45) is -2.59. The third kappa shape index (κ3) is 2.43. The summed E-state index contributed by atoms with van der Waals surface area (Å²) in [7, 11) is 0. The van der Waals surface area contributed by atoms with Crippen molar-refractivity contribution in [2.45, 2.75) is 44.2 Å². The maximum atomic E-state index is 12.6. The fourth-order valence-corrected chi connectivity index (χ4v) is 2.25. The third-order valence-electron chi connectivity index (χ3n) is 3.43. The SMILES string of the molecule is CCCc1nc(C(F)(F)F)ccc1C1(C(=O)O)CC1. The van der Waals surface area contributed by atoms with Crippen LogP contribution in [0.15, 0.2) is 12.1 Å². The van der Waals surface area contributed by atoms with Crippen molar-refractivity contribution in [1.29, 1.82) is 0 Å². The van der Waals surface area contributed by atoms with Crippen LogP contribution in [0.4, 0.5) is 13.2 Å². The number of alkyl halides is 3. The second-order valence-corrected chi connectivity index (χ2v) is 4.83. The smallest absolute Gasteiger partial charge is 0.433 e. The van der Waals surface area contributed by atoms with Gasteiger partial charge in [0.05, 0.1) is 5.41 Å². The van der Waals surface area contributed by atoms with E-state index >= 15 is 0 Å². The number of hydrogen-bond acceptors (Lipinski definition) is 2. The number of aromatic nitrogens is 1. The molecule has 1 N–H and O–H groups in total. The van der Waals surface area contributed by atoms with Gasteiger partial charge in [-0.3, -0.25) is 4.79 Å². The first kappa shape index (κ1) is 13.8. The molecule has 1 heterocycles. The number of nitrogens with zero attached hydrogens (tertiary/aromatic N) is 1. The quantitative estimate of drug-likeness (QED) is 0.916. The van der Waals surface area contributed by atoms with E-state index in [4.69, 9.17) is 0 Å². The maximum Gasteiger partial charge on any atom is 0.433 e. The number of carbonyl (C=O) groups is 1. The van der Waals surface area contributed by atoms with E-state index in [0.717, 1.165) is 6.07 Å². The summed E-state index contributed by atoms with van der Waals surface area (Å²) in [6.45, 7) is 1.83. The molecule has 1 aromatic heterocycles. The van der Waals surface area contributed by atoms with E-state index in [1.165, 1.54) is 6.07 Å². The molecule has 1 aliphatic rings. The highest BCUT2D eigenvalue weighted by atomic mass is 19.4. The van der Waals surface area contributed by atoms with Gasteiger partial charge in [0.1, 0.15) is 5.69 Å². The summed E-state index contributed by atoms with van der Waals surface area (Å²) in [5.41, 5.74) is -1.27. The zero-order valence-corrected chi connectivity index (χ0v) is 10.4. The van der Waals surface area contributed by atoms with Gasteiger partial charge in [0.2, 0.25) is 0 Å². The van der Waals surface area contributed by atoms with Crippen molar-refractivity contribution in [3.8, 4) is 0 Å². The first-order valence-corrected chi connectivity index (χ1v) is 6.12. The molecule has 1 aromatic rings. The molecule has 0 atom stereocenters. The van der Waals surface area contributed by atoms with Gasteiger partial charge in [-0.1, -0.05) is 19.4 Å². The Morgan fingerprint density at radius 1 is 1.42 bits per heavy atom. The predicted molar refractivity (Wildman–Crippen MR) is 61.8 cm³/mol. The van der Waals surface area contributed by atoms with Gasteiger partial charge in [-0.15, -0.1) is 0 Å². The summed E-state index contributed by atoms with van der Waals surface area (Å²) in [4.78, 5) is 14.9. The van der Waals surface area contributed by atoms with Crippen molar-refractivity contribution >= 4 is 5.97 Å². The molecular weight excluding hydrogens is 259 g/mol. The van der Waals surface area contributed by atoms with Crippen LogP contribution < -0.4 is 0 Å². The van der Waals surface area contributed by atoms with E-state index in [1.807, 2.05) is 6.92 Å². The summed E-state index contributed by atoms with van der Waals surface area (Å²) in [6, 6.07) is 2.15. The minimum atomic E-state index is -4.50. The topological polar surface area (TPSA) is 50.2 Å². The molecule has 0 amide bonds. The van der Waals surface area contributed by atoms with Gasteiger partial charge in [-0.25, -0.2) is 4.98 Å². The molecule has 1 saturated carbocycles. The highest BCUT2D eigenvalue weighted by Crippen LogP contribution is 2.49. The van der Waals surface area contributed by atoms with Gasteiger partial charge in [-0.2, -0.15) is 13.2 Å². The maximum absolute atomic E-state index is 12.6. The average molecular weight is 273 g/mol.